The summed E-state index contributed by atoms with van der Waals surface area (Å²) >= 11 is 6.56. The van der Waals surface area contributed by atoms with Gasteiger partial charge < -0.3 is 14.0 Å². The van der Waals surface area contributed by atoms with Crippen LogP contribution in [0.5, 0.6) is 5.75 Å². The normalized spacial score (nSPS) is 16.0. The molecule has 4 rings (SSSR count). The lowest BCUT2D eigenvalue weighted by atomic mass is 10.2. The smallest absolute Gasteiger partial charge is 0.387 e. The first kappa shape index (κ1) is 23.6. The van der Waals surface area contributed by atoms with Gasteiger partial charge in [0.05, 0.1) is 34.2 Å². The molecular formula is C22H22ClF2N3O4S. The number of aromatic nitrogens is 2. The first-order chi connectivity index (χ1) is 15.8. The summed E-state index contributed by atoms with van der Waals surface area (Å²) in [6.07, 6.45) is 1.66. The van der Waals surface area contributed by atoms with E-state index in [2.05, 4.69) is 9.72 Å². The van der Waals surface area contributed by atoms with E-state index in [1.807, 2.05) is 11.5 Å². The predicted octanol–water partition coefficient (Wildman–Crippen LogP) is 4.42. The zero-order valence-electron chi connectivity index (χ0n) is 17.7. The van der Waals surface area contributed by atoms with Crippen LogP contribution in [0.15, 0.2) is 47.4 Å². The number of aryl methyl sites for hydroxylation is 1. The lowest BCUT2D eigenvalue weighted by molar-refractivity contribution is -0.0498. The van der Waals surface area contributed by atoms with Gasteiger partial charge in [0.1, 0.15) is 5.75 Å². The molecule has 1 saturated heterocycles. The molecule has 0 saturated carbocycles. The summed E-state index contributed by atoms with van der Waals surface area (Å²) in [7, 11) is -3.65. The molecule has 2 heterocycles. The summed E-state index contributed by atoms with van der Waals surface area (Å²) in [4.78, 5) is 4.75. The van der Waals surface area contributed by atoms with Crippen molar-refractivity contribution in [3.05, 3.63) is 53.9 Å². The highest BCUT2D eigenvalue weighted by atomic mass is 35.5. The molecule has 0 amide bonds. The number of sulfonamides is 1. The van der Waals surface area contributed by atoms with E-state index in [4.69, 9.17) is 16.3 Å². The third-order valence-corrected chi connectivity index (χ3v) is 7.43. The molecule has 11 heteroatoms. The second-order valence-electron chi connectivity index (χ2n) is 7.29. The highest BCUT2D eigenvalue weighted by Crippen LogP contribution is 2.29. The van der Waals surface area contributed by atoms with Gasteiger partial charge in [0.15, 0.2) is 5.82 Å². The largest absolute Gasteiger partial charge is 0.435 e. The van der Waals surface area contributed by atoms with Crippen LogP contribution in [0, 0.1) is 0 Å². The average Bonchev–Trinajstić information content (AvgIpc) is 3.18. The maximum atomic E-state index is 13.0. The van der Waals surface area contributed by atoms with Gasteiger partial charge in [0.25, 0.3) is 0 Å². The quantitative estimate of drug-likeness (QED) is 0.483. The van der Waals surface area contributed by atoms with Crippen molar-refractivity contribution in [2.24, 2.45) is 0 Å². The van der Waals surface area contributed by atoms with Gasteiger partial charge in [0, 0.05) is 19.6 Å². The van der Waals surface area contributed by atoms with Crippen LogP contribution in [0.25, 0.3) is 22.1 Å². The van der Waals surface area contributed by atoms with E-state index < -0.39 is 16.6 Å². The molecule has 0 unspecified atom stereocenters. The minimum atomic E-state index is -3.65. The zero-order valence-corrected chi connectivity index (χ0v) is 19.3. The number of ether oxygens (including phenoxy) is 2. The van der Waals surface area contributed by atoms with Crippen LogP contribution in [-0.2, 0) is 21.3 Å². The van der Waals surface area contributed by atoms with Crippen LogP contribution in [-0.4, -0.2) is 55.2 Å². The van der Waals surface area contributed by atoms with E-state index in [9.17, 15) is 17.2 Å². The molecular weight excluding hydrogens is 476 g/mol. The molecule has 0 radical (unpaired) electrons. The Morgan fingerprint density at radius 1 is 1.21 bits per heavy atom. The van der Waals surface area contributed by atoms with Crippen LogP contribution < -0.4 is 4.74 Å². The lowest BCUT2D eigenvalue weighted by Gasteiger charge is -2.26. The minimum Gasteiger partial charge on any atom is -0.435 e. The van der Waals surface area contributed by atoms with Crippen molar-refractivity contribution in [1.29, 1.82) is 0 Å². The standard InChI is InChI=1S/C22H22ClF2N3O4S/c1-2-28-20-8-7-17(33(29,30)27-9-11-31-12-10-27)14-19(20)26-21(28)18(23)13-15-3-5-16(6-4-15)32-22(24)25/h3-8,13-14,22H,2,9-12H2,1H3. The van der Waals surface area contributed by atoms with Gasteiger partial charge in [-0.3, -0.25) is 0 Å². The molecule has 7 nitrogen and oxygen atoms in total. The lowest BCUT2D eigenvalue weighted by Crippen LogP contribution is -2.40. The van der Waals surface area contributed by atoms with Crippen molar-refractivity contribution in [1.82, 2.24) is 13.9 Å². The van der Waals surface area contributed by atoms with E-state index >= 15 is 0 Å². The van der Waals surface area contributed by atoms with Crippen LogP contribution >= 0.6 is 11.6 Å². The van der Waals surface area contributed by atoms with Crippen LogP contribution in [0.4, 0.5) is 8.78 Å². The highest BCUT2D eigenvalue weighted by Gasteiger charge is 2.27. The van der Waals surface area contributed by atoms with Gasteiger partial charge in [0.2, 0.25) is 10.0 Å². The van der Waals surface area contributed by atoms with Gasteiger partial charge in [-0.15, -0.1) is 0 Å². The Balaban J connectivity index is 1.67. The topological polar surface area (TPSA) is 73.7 Å². The Hall–Kier alpha value is -2.53. The molecule has 1 aromatic heterocycles. The van der Waals surface area contributed by atoms with Gasteiger partial charge in [-0.25, -0.2) is 13.4 Å². The molecule has 1 aliphatic rings. The first-order valence-corrected chi connectivity index (χ1v) is 12.1. The highest BCUT2D eigenvalue weighted by molar-refractivity contribution is 7.89. The van der Waals surface area contributed by atoms with Gasteiger partial charge in [-0.05, 0) is 48.9 Å². The average molecular weight is 498 g/mol. The number of benzene rings is 2. The molecule has 0 atom stereocenters. The van der Waals surface area contributed by atoms with Gasteiger partial charge in [-0.1, -0.05) is 23.7 Å². The monoisotopic (exact) mass is 497 g/mol. The maximum absolute atomic E-state index is 13.0. The Labute approximate surface area is 195 Å². The second-order valence-corrected chi connectivity index (χ2v) is 9.63. The van der Waals surface area contributed by atoms with Crippen LogP contribution in [0.1, 0.15) is 18.3 Å². The number of hydrogen-bond donors (Lipinski definition) is 0. The summed E-state index contributed by atoms with van der Waals surface area (Å²) in [5.74, 6) is 0.524. The molecule has 2 aromatic carbocycles. The number of morpholine rings is 1. The molecule has 0 bridgehead atoms. The van der Waals surface area contributed by atoms with Crippen LogP contribution in [0.2, 0.25) is 0 Å². The second kappa shape index (κ2) is 9.76. The van der Waals surface area contributed by atoms with Crippen LogP contribution in [0.3, 0.4) is 0 Å². The summed E-state index contributed by atoms with van der Waals surface area (Å²) in [5, 5.41) is 0.327. The summed E-state index contributed by atoms with van der Waals surface area (Å²) in [6.45, 7) is 0.958. The molecule has 0 N–H and O–H groups in total. The third-order valence-electron chi connectivity index (χ3n) is 5.26. The number of fused-ring (bicyclic) bond motifs is 1. The Kier molecular flexibility index (Phi) is 6.99. The number of rotatable bonds is 7. The predicted molar refractivity (Wildman–Crippen MR) is 122 cm³/mol. The molecule has 0 spiro atoms. The van der Waals surface area contributed by atoms with Crippen molar-refractivity contribution in [2.75, 3.05) is 26.3 Å². The van der Waals surface area contributed by atoms with Crippen molar-refractivity contribution >= 4 is 43.8 Å². The van der Waals surface area contributed by atoms with E-state index in [0.29, 0.717) is 54.8 Å². The van der Waals surface area contributed by atoms with Crippen molar-refractivity contribution < 1.29 is 26.7 Å². The number of imidazole rings is 1. The zero-order chi connectivity index (χ0) is 23.6. The summed E-state index contributed by atoms with van der Waals surface area (Å²) in [5.41, 5.74) is 1.93. The molecule has 33 heavy (non-hydrogen) atoms. The first-order valence-electron chi connectivity index (χ1n) is 10.3. The molecule has 1 aliphatic heterocycles. The Bertz CT molecular complexity index is 1270. The molecule has 176 valence electrons. The summed E-state index contributed by atoms with van der Waals surface area (Å²) < 4.78 is 63.6. The van der Waals surface area contributed by atoms with E-state index in [0.717, 1.165) is 5.52 Å². The van der Waals surface area contributed by atoms with E-state index in [-0.39, 0.29) is 10.6 Å². The SMILES string of the molecule is CCn1c(C(Cl)=Cc2ccc(OC(F)F)cc2)nc2cc(S(=O)(=O)N3CCOCC3)ccc21. The number of nitrogens with zero attached hydrogens (tertiary/aromatic N) is 3. The Morgan fingerprint density at radius 3 is 2.55 bits per heavy atom. The van der Waals surface area contributed by atoms with Gasteiger partial charge >= 0.3 is 6.61 Å². The minimum absolute atomic E-state index is 0.0491. The van der Waals surface area contributed by atoms with Crippen molar-refractivity contribution in [3.8, 4) is 5.75 Å². The fraction of sp³-hybridized carbons (Fsp3) is 0.318. The third kappa shape index (κ3) is 5.03. The maximum Gasteiger partial charge on any atom is 0.387 e. The molecule has 3 aromatic rings. The van der Waals surface area contributed by atoms with E-state index in [1.165, 1.54) is 16.4 Å². The molecule has 1 fully saturated rings. The van der Waals surface area contributed by atoms with Crippen molar-refractivity contribution in [3.63, 3.8) is 0 Å². The van der Waals surface area contributed by atoms with Crippen molar-refractivity contribution in [2.45, 2.75) is 25.0 Å². The fourth-order valence-electron chi connectivity index (χ4n) is 3.66. The Morgan fingerprint density at radius 2 is 1.91 bits per heavy atom. The summed E-state index contributed by atoms with van der Waals surface area (Å²) in [6, 6.07) is 10.9. The van der Waals surface area contributed by atoms with E-state index in [1.54, 1.807) is 36.4 Å². The number of halogens is 3. The fourth-order valence-corrected chi connectivity index (χ4v) is 5.36. The van der Waals surface area contributed by atoms with Gasteiger partial charge in [-0.2, -0.15) is 13.1 Å². The number of alkyl halides is 2. The number of hydrogen-bond acceptors (Lipinski definition) is 5. The molecule has 0 aliphatic carbocycles.